The summed E-state index contributed by atoms with van der Waals surface area (Å²) in [6.45, 7) is 0.899. The summed E-state index contributed by atoms with van der Waals surface area (Å²) in [7, 11) is 0. The first-order chi connectivity index (χ1) is 9.65. The van der Waals surface area contributed by atoms with E-state index < -0.39 is 12.1 Å². The number of carbonyl (C=O) groups excluding carboxylic acids is 3. The van der Waals surface area contributed by atoms with Crippen molar-refractivity contribution in [1.82, 2.24) is 10.2 Å². The highest BCUT2D eigenvalue weighted by Gasteiger charge is 2.35. The number of nitrogens with zero attached hydrogens (tertiary/aromatic N) is 1. The van der Waals surface area contributed by atoms with Crippen molar-refractivity contribution >= 4 is 17.8 Å². The molecule has 1 atom stereocenters. The molecule has 1 fully saturated rings. The van der Waals surface area contributed by atoms with E-state index >= 15 is 0 Å². The summed E-state index contributed by atoms with van der Waals surface area (Å²) in [5.41, 5.74) is 1.32. The van der Waals surface area contributed by atoms with Crippen molar-refractivity contribution in [3.8, 4) is 0 Å². The number of amides is 2. The number of piperazine rings is 1. The quantitative estimate of drug-likeness (QED) is 0.715. The van der Waals surface area contributed by atoms with Crippen LogP contribution in [0.25, 0.3) is 0 Å². The molecule has 104 valence electrons. The predicted octanol–water partition coefficient (Wildman–Crippen LogP) is -0.274. The maximum absolute atomic E-state index is 12.3. The van der Waals surface area contributed by atoms with E-state index in [-0.39, 0.29) is 18.4 Å². The minimum atomic E-state index is -0.830. The van der Waals surface area contributed by atoms with Gasteiger partial charge < -0.3 is 15.0 Å². The summed E-state index contributed by atoms with van der Waals surface area (Å²) in [6.07, 6.45) is -0.470. The van der Waals surface area contributed by atoms with Gasteiger partial charge in [-0.05, 0) is 11.6 Å². The molecular weight excluding hydrogens is 260 g/mol. The number of cyclic esters (lactones) is 1. The van der Waals surface area contributed by atoms with Crippen LogP contribution >= 0.6 is 0 Å². The van der Waals surface area contributed by atoms with Gasteiger partial charge >= 0.3 is 5.97 Å². The van der Waals surface area contributed by atoms with Gasteiger partial charge in [0.2, 0.25) is 5.91 Å². The Hall–Kier alpha value is -2.37. The van der Waals surface area contributed by atoms with Crippen molar-refractivity contribution in [2.45, 2.75) is 12.5 Å². The van der Waals surface area contributed by atoms with Gasteiger partial charge in [-0.1, -0.05) is 18.2 Å². The van der Waals surface area contributed by atoms with Gasteiger partial charge in [0.15, 0.2) is 6.10 Å². The first-order valence-electron chi connectivity index (χ1n) is 6.49. The highest BCUT2D eigenvalue weighted by atomic mass is 16.5. The van der Waals surface area contributed by atoms with Gasteiger partial charge in [0.25, 0.3) is 5.91 Å². The maximum Gasteiger partial charge on any atom is 0.339 e. The number of carbonyl (C=O) groups is 3. The van der Waals surface area contributed by atoms with E-state index in [9.17, 15) is 14.4 Å². The number of hydrogen-bond donors (Lipinski definition) is 1. The Bertz CT molecular complexity index is 584. The Morgan fingerprint density at radius 2 is 2.10 bits per heavy atom. The number of benzene rings is 1. The SMILES string of the molecule is O=C1CN(C(=O)C2Cc3ccccc3C(=O)O2)CCN1. The van der Waals surface area contributed by atoms with Crippen LogP contribution in [0.4, 0.5) is 0 Å². The molecule has 0 bridgehead atoms. The van der Waals surface area contributed by atoms with Gasteiger partial charge in [-0.3, -0.25) is 9.59 Å². The normalized spacial score (nSPS) is 21.8. The molecule has 6 nitrogen and oxygen atoms in total. The van der Waals surface area contributed by atoms with Crippen LogP contribution < -0.4 is 5.32 Å². The third-order valence-electron chi connectivity index (χ3n) is 3.52. The Morgan fingerprint density at radius 1 is 1.30 bits per heavy atom. The molecule has 6 heteroatoms. The Labute approximate surface area is 115 Å². The minimum absolute atomic E-state index is 0.0224. The Balaban J connectivity index is 1.77. The third kappa shape index (κ3) is 2.24. The van der Waals surface area contributed by atoms with Crippen molar-refractivity contribution in [2.24, 2.45) is 0 Å². The molecule has 1 aromatic rings. The van der Waals surface area contributed by atoms with Crippen molar-refractivity contribution in [1.29, 1.82) is 0 Å². The smallest absolute Gasteiger partial charge is 0.339 e. The molecule has 1 unspecified atom stereocenters. The molecule has 0 aliphatic carbocycles. The van der Waals surface area contributed by atoms with Gasteiger partial charge in [-0.15, -0.1) is 0 Å². The summed E-state index contributed by atoms with van der Waals surface area (Å²) < 4.78 is 5.20. The van der Waals surface area contributed by atoms with Crippen LogP contribution in [0, 0.1) is 0 Å². The molecule has 1 aromatic carbocycles. The van der Waals surface area contributed by atoms with E-state index in [4.69, 9.17) is 4.74 Å². The largest absolute Gasteiger partial charge is 0.448 e. The zero-order valence-electron chi connectivity index (χ0n) is 10.8. The van der Waals surface area contributed by atoms with Crippen LogP contribution in [-0.2, 0) is 20.7 Å². The van der Waals surface area contributed by atoms with Gasteiger partial charge in [-0.2, -0.15) is 0 Å². The summed E-state index contributed by atoms with van der Waals surface area (Å²) in [6, 6.07) is 7.09. The fourth-order valence-corrected chi connectivity index (χ4v) is 2.50. The maximum atomic E-state index is 12.3. The lowest BCUT2D eigenvalue weighted by molar-refractivity contribution is -0.145. The van der Waals surface area contributed by atoms with Crippen molar-refractivity contribution in [3.63, 3.8) is 0 Å². The standard InChI is InChI=1S/C14H14N2O4/c17-12-8-16(6-5-15-12)13(18)11-7-9-3-1-2-4-10(9)14(19)20-11/h1-4,11H,5-8H2,(H,15,17). The highest BCUT2D eigenvalue weighted by molar-refractivity contribution is 5.96. The van der Waals surface area contributed by atoms with Gasteiger partial charge in [-0.25, -0.2) is 4.79 Å². The first-order valence-corrected chi connectivity index (χ1v) is 6.49. The average molecular weight is 274 g/mol. The monoisotopic (exact) mass is 274 g/mol. The molecule has 3 rings (SSSR count). The zero-order chi connectivity index (χ0) is 14.1. The van der Waals surface area contributed by atoms with E-state index in [1.54, 1.807) is 12.1 Å². The van der Waals surface area contributed by atoms with Crippen LogP contribution in [0.3, 0.4) is 0 Å². The highest BCUT2D eigenvalue weighted by Crippen LogP contribution is 2.21. The molecule has 20 heavy (non-hydrogen) atoms. The lowest BCUT2D eigenvalue weighted by Gasteiger charge is -2.31. The average Bonchev–Trinajstić information content (AvgIpc) is 2.46. The number of ether oxygens (including phenoxy) is 1. The van der Waals surface area contributed by atoms with Crippen LogP contribution in [0.5, 0.6) is 0 Å². The second-order valence-corrected chi connectivity index (χ2v) is 4.86. The van der Waals surface area contributed by atoms with Crippen molar-refractivity contribution in [3.05, 3.63) is 35.4 Å². The summed E-state index contributed by atoms with van der Waals surface area (Å²) in [5, 5.41) is 2.65. The molecule has 0 saturated carbocycles. The van der Waals surface area contributed by atoms with E-state index in [2.05, 4.69) is 5.32 Å². The van der Waals surface area contributed by atoms with Crippen LogP contribution in [0.2, 0.25) is 0 Å². The molecule has 2 amide bonds. The molecule has 0 radical (unpaired) electrons. The fourth-order valence-electron chi connectivity index (χ4n) is 2.50. The van der Waals surface area contributed by atoms with E-state index in [1.165, 1.54) is 4.90 Å². The van der Waals surface area contributed by atoms with Gasteiger partial charge in [0.05, 0.1) is 12.1 Å². The number of rotatable bonds is 1. The second-order valence-electron chi connectivity index (χ2n) is 4.86. The van der Waals surface area contributed by atoms with Gasteiger partial charge in [0, 0.05) is 19.5 Å². The number of hydrogen-bond acceptors (Lipinski definition) is 4. The van der Waals surface area contributed by atoms with E-state index in [1.807, 2.05) is 12.1 Å². The topological polar surface area (TPSA) is 75.7 Å². The summed E-state index contributed by atoms with van der Waals surface area (Å²) in [4.78, 5) is 36.9. The second kappa shape index (κ2) is 4.96. The van der Waals surface area contributed by atoms with Crippen molar-refractivity contribution < 1.29 is 19.1 Å². The molecule has 0 spiro atoms. The lowest BCUT2D eigenvalue weighted by Crippen LogP contribution is -2.54. The van der Waals surface area contributed by atoms with Crippen LogP contribution in [0.15, 0.2) is 24.3 Å². The first kappa shape index (κ1) is 12.7. The molecule has 0 aromatic heterocycles. The molecule has 2 aliphatic heterocycles. The number of esters is 1. The summed E-state index contributed by atoms with van der Waals surface area (Å²) in [5.74, 6) is -0.971. The third-order valence-corrected chi connectivity index (χ3v) is 3.52. The molecule has 1 N–H and O–H groups in total. The van der Waals surface area contributed by atoms with E-state index in [0.717, 1.165) is 5.56 Å². The Morgan fingerprint density at radius 3 is 2.90 bits per heavy atom. The van der Waals surface area contributed by atoms with E-state index in [0.29, 0.717) is 25.1 Å². The van der Waals surface area contributed by atoms with Gasteiger partial charge in [0.1, 0.15) is 0 Å². The Kier molecular flexibility index (Phi) is 3.14. The zero-order valence-corrected chi connectivity index (χ0v) is 10.8. The molecular formula is C14H14N2O4. The van der Waals surface area contributed by atoms with Crippen LogP contribution in [-0.4, -0.2) is 48.4 Å². The predicted molar refractivity (Wildman–Crippen MR) is 68.9 cm³/mol. The fraction of sp³-hybridized carbons (Fsp3) is 0.357. The molecule has 1 saturated heterocycles. The number of fused-ring (bicyclic) bond motifs is 1. The number of nitrogens with one attached hydrogen (secondary N) is 1. The summed E-state index contributed by atoms with van der Waals surface area (Å²) >= 11 is 0. The minimum Gasteiger partial charge on any atom is -0.448 e. The lowest BCUT2D eigenvalue weighted by atomic mass is 9.98. The van der Waals surface area contributed by atoms with Crippen LogP contribution in [0.1, 0.15) is 15.9 Å². The molecule has 2 aliphatic rings. The van der Waals surface area contributed by atoms with Crippen molar-refractivity contribution in [2.75, 3.05) is 19.6 Å². The molecule has 2 heterocycles.